The van der Waals surface area contributed by atoms with Crippen LogP contribution in [-0.2, 0) is 13.6 Å². The van der Waals surface area contributed by atoms with E-state index in [0.29, 0.717) is 23.3 Å². The molecule has 0 spiro atoms. The first-order valence-electron chi connectivity index (χ1n) is 7.84. The lowest BCUT2D eigenvalue weighted by Crippen LogP contribution is -2.12. The fourth-order valence-corrected chi connectivity index (χ4v) is 2.63. The second kappa shape index (κ2) is 6.20. The van der Waals surface area contributed by atoms with Crippen LogP contribution in [-0.4, -0.2) is 30.2 Å². The van der Waals surface area contributed by atoms with Crippen molar-refractivity contribution in [1.29, 1.82) is 0 Å². The summed E-state index contributed by atoms with van der Waals surface area (Å²) in [7, 11) is 1.86. The molecule has 0 aliphatic heterocycles. The predicted molar refractivity (Wildman–Crippen MR) is 94.2 cm³/mol. The van der Waals surface area contributed by atoms with Gasteiger partial charge in [-0.1, -0.05) is 30.3 Å². The lowest BCUT2D eigenvalue weighted by atomic mass is 10.2. The third-order valence-electron chi connectivity index (χ3n) is 3.89. The number of fused-ring (bicyclic) bond motifs is 1. The molecule has 25 heavy (non-hydrogen) atoms. The van der Waals surface area contributed by atoms with E-state index in [1.165, 1.54) is 0 Å². The van der Waals surface area contributed by atoms with Gasteiger partial charge in [0.2, 0.25) is 0 Å². The van der Waals surface area contributed by atoms with Crippen LogP contribution in [0.25, 0.3) is 11.2 Å². The first-order valence-corrected chi connectivity index (χ1v) is 7.84. The lowest BCUT2D eigenvalue weighted by Gasteiger charge is -2.03. The van der Waals surface area contributed by atoms with Gasteiger partial charge in [0.05, 0.1) is 30.3 Å². The average Bonchev–Trinajstić information content (AvgIpc) is 3.22. The van der Waals surface area contributed by atoms with Gasteiger partial charge in [0.15, 0.2) is 5.65 Å². The highest BCUT2D eigenvalue weighted by Crippen LogP contribution is 2.13. The van der Waals surface area contributed by atoms with Crippen molar-refractivity contribution in [3.63, 3.8) is 0 Å². The maximum Gasteiger partial charge on any atom is 0.257 e. The minimum absolute atomic E-state index is 0.237. The zero-order chi connectivity index (χ0) is 17.2. The molecule has 0 aliphatic carbocycles. The van der Waals surface area contributed by atoms with Gasteiger partial charge in [-0.2, -0.15) is 5.10 Å². The zero-order valence-electron chi connectivity index (χ0n) is 13.6. The molecule has 1 aromatic carbocycles. The normalized spacial score (nSPS) is 10.9. The minimum atomic E-state index is -0.237. The Morgan fingerprint density at radius 2 is 2.00 bits per heavy atom. The Morgan fingerprint density at radius 1 is 1.16 bits per heavy atom. The van der Waals surface area contributed by atoms with Crippen LogP contribution in [0.5, 0.6) is 0 Å². The van der Waals surface area contributed by atoms with E-state index >= 15 is 0 Å². The minimum Gasteiger partial charge on any atom is -0.319 e. The number of pyridine rings is 1. The van der Waals surface area contributed by atoms with E-state index in [0.717, 1.165) is 11.2 Å². The highest BCUT2D eigenvalue weighted by atomic mass is 16.1. The smallest absolute Gasteiger partial charge is 0.257 e. The van der Waals surface area contributed by atoms with E-state index in [1.807, 2.05) is 41.9 Å². The number of amides is 1. The third kappa shape index (κ3) is 3.12. The number of benzene rings is 1. The summed E-state index contributed by atoms with van der Waals surface area (Å²) < 4.78 is 3.59. The van der Waals surface area contributed by atoms with E-state index in [-0.39, 0.29) is 5.91 Å². The molecule has 3 aromatic heterocycles. The number of carbonyl (C=O) groups excluding carboxylic acids is 1. The first kappa shape index (κ1) is 15.1. The Bertz CT molecular complexity index is 1030. The van der Waals surface area contributed by atoms with Crippen molar-refractivity contribution in [2.75, 3.05) is 5.32 Å². The molecule has 0 bridgehead atoms. The van der Waals surface area contributed by atoms with Crippen LogP contribution in [0.2, 0.25) is 0 Å². The number of aromatic nitrogens is 5. The summed E-state index contributed by atoms with van der Waals surface area (Å²) in [5.74, 6) is -0.237. The summed E-state index contributed by atoms with van der Waals surface area (Å²) in [4.78, 5) is 20.9. The van der Waals surface area contributed by atoms with Crippen molar-refractivity contribution in [2.45, 2.75) is 6.54 Å². The highest BCUT2D eigenvalue weighted by molar-refractivity contribution is 6.05. The van der Waals surface area contributed by atoms with Gasteiger partial charge in [-0.15, -0.1) is 0 Å². The molecule has 3 heterocycles. The number of nitrogens with one attached hydrogen (secondary N) is 1. The molecule has 4 rings (SSSR count). The highest BCUT2D eigenvalue weighted by Gasteiger charge is 2.11. The van der Waals surface area contributed by atoms with Gasteiger partial charge >= 0.3 is 0 Å². The molecule has 4 aromatic rings. The van der Waals surface area contributed by atoms with Crippen molar-refractivity contribution in [1.82, 2.24) is 24.3 Å². The molecule has 0 atom stereocenters. The number of rotatable bonds is 4. The Labute approximate surface area is 143 Å². The second-order valence-corrected chi connectivity index (χ2v) is 5.79. The van der Waals surface area contributed by atoms with Crippen LogP contribution in [0.15, 0.2) is 61.3 Å². The van der Waals surface area contributed by atoms with Gasteiger partial charge in [-0.3, -0.25) is 9.48 Å². The summed E-state index contributed by atoms with van der Waals surface area (Å²) >= 11 is 0. The van der Waals surface area contributed by atoms with Gasteiger partial charge in [0.25, 0.3) is 5.91 Å². The van der Waals surface area contributed by atoms with Crippen LogP contribution < -0.4 is 5.32 Å². The van der Waals surface area contributed by atoms with Crippen molar-refractivity contribution < 1.29 is 4.79 Å². The SMILES string of the molecule is Cn1cnc2cc(C(=O)Nc3cnn(Cc4ccccc4)c3)cnc21. The van der Waals surface area contributed by atoms with Gasteiger partial charge in [0, 0.05) is 19.4 Å². The van der Waals surface area contributed by atoms with Gasteiger partial charge in [-0.05, 0) is 11.6 Å². The molecule has 0 aliphatic rings. The largest absolute Gasteiger partial charge is 0.319 e. The molecule has 7 heteroatoms. The molecule has 0 radical (unpaired) electrons. The van der Waals surface area contributed by atoms with Gasteiger partial charge in [0.1, 0.15) is 5.52 Å². The summed E-state index contributed by atoms with van der Waals surface area (Å²) in [6, 6.07) is 11.8. The third-order valence-corrected chi connectivity index (χ3v) is 3.89. The maximum atomic E-state index is 12.4. The molecule has 1 N–H and O–H groups in total. The number of anilines is 1. The number of aryl methyl sites for hydroxylation is 1. The quantitative estimate of drug-likeness (QED) is 0.623. The fraction of sp³-hybridized carbons (Fsp3) is 0.111. The Hall–Kier alpha value is -3.48. The maximum absolute atomic E-state index is 12.4. The Balaban J connectivity index is 1.48. The number of carbonyl (C=O) groups is 1. The Kier molecular flexibility index (Phi) is 3.74. The standard InChI is InChI=1S/C18H16N6O/c1-23-12-20-16-7-14(8-19-17(16)23)18(25)22-15-9-21-24(11-15)10-13-5-3-2-4-6-13/h2-9,11-12H,10H2,1H3,(H,22,25). The number of hydrogen-bond donors (Lipinski definition) is 1. The molecule has 0 saturated heterocycles. The lowest BCUT2D eigenvalue weighted by molar-refractivity contribution is 0.102. The molecule has 0 unspecified atom stereocenters. The molecule has 124 valence electrons. The predicted octanol–water partition coefficient (Wildman–Crippen LogP) is 2.47. The van der Waals surface area contributed by atoms with Crippen molar-refractivity contribution >= 4 is 22.8 Å². The van der Waals surface area contributed by atoms with Crippen molar-refractivity contribution in [3.05, 3.63) is 72.4 Å². The summed E-state index contributed by atoms with van der Waals surface area (Å²) in [5.41, 5.74) is 3.68. The molecular formula is C18H16N6O. The van der Waals surface area contributed by atoms with E-state index in [9.17, 15) is 4.79 Å². The van der Waals surface area contributed by atoms with E-state index in [4.69, 9.17) is 0 Å². The molecule has 0 fully saturated rings. The van der Waals surface area contributed by atoms with E-state index in [2.05, 4.69) is 20.4 Å². The number of nitrogens with zero attached hydrogens (tertiary/aromatic N) is 5. The zero-order valence-corrected chi connectivity index (χ0v) is 13.6. The first-order chi connectivity index (χ1) is 12.2. The average molecular weight is 332 g/mol. The van der Waals surface area contributed by atoms with Crippen LogP contribution in [0.4, 0.5) is 5.69 Å². The number of imidazole rings is 1. The monoisotopic (exact) mass is 332 g/mol. The fourth-order valence-electron chi connectivity index (χ4n) is 2.63. The van der Waals surface area contributed by atoms with Crippen LogP contribution >= 0.6 is 0 Å². The number of hydrogen-bond acceptors (Lipinski definition) is 4. The van der Waals surface area contributed by atoms with Crippen LogP contribution in [0.3, 0.4) is 0 Å². The van der Waals surface area contributed by atoms with Crippen molar-refractivity contribution in [2.24, 2.45) is 7.05 Å². The van der Waals surface area contributed by atoms with Crippen LogP contribution in [0.1, 0.15) is 15.9 Å². The Morgan fingerprint density at radius 3 is 2.84 bits per heavy atom. The van der Waals surface area contributed by atoms with E-state index < -0.39 is 0 Å². The van der Waals surface area contributed by atoms with Gasteiger partial charge in [-0.25, -0.2) is 9.97 Å². The second-order valence-electron chi connectivity index (χ2n) is 5.79. The topological polar surface area (TPSA) is 77.6 Å². The summed E-state index contributed by atoms with van der Waals surface area (Å²) in [6.07, 6.45) is 6.66. The molecule has 0 saturated carbocycles. The molecule has 7 nitrogen and oxygen atoms in total. The van der Waals surface area contributed by atoms with Crippen LogP contribution in [0, 0.1) is 0 Å². The van der Waals surface area contributed by atoms with Gasteiger partial charge < -0.3 is 9.88 Å². The molecular weight excluding hydrogens is 316 g/mol. The van der Waals surface area contributed by atoms with E-state index in [1.54, 1.807) is 35.7 Å². The molecule has 1 amide bonds. The summed E-state index contributed by atoms with van der Waals surface area (Å²) in [5, 5.41) is 7.12. The summed E-state index contributed by atoms with van der Waals surface area (Å²) in [6.45, 7) is 0.651. The van der Waals surface area contributed by atoms with Crippen molar-refractivity contribution in [3.8, 4) is 0 Å².